The van der Waals surface area contributed by atoms with Crippen LogP contribution in [0, 0.1) is 5.82 Å². The number of benzene rings is 1. The van der Waals surface area contributed by atoms with Crippen LogP contribution in [-0.2, 0) is 0 Å². The van der Waals surface area contributed by atoms with E-state index in [1.165, 1.54) is 6.07 Å². The van der Waals surface area contributed by atoms with Crippen LogP contribution < -0.4 is 5.73 Å². The largest absolute Gasteiger partial charge is 0.329 e. The lowest BCUT2D eigenvalue weighted by Gasteiger charge is -2.36. The van der Waals surface area contributed by atoms with Crippen molar-refractivity contribution in [2.24, 2.45) is 5.73 Å². The van der Waals surface area contributed by atoms with Crippen LogP contribution in [-0.4, -0.2) is 24.0 Å². The second-order valence-corrected chi connectivity index (χ2v) is 5.70. The average Bonchev–Trinajstić information content (AvgIpc) is 2.44. The van der Waals surface area contributed by atoms with E-state index in [2.05, 4.69) is 25.7 Å². The lowest BCUT2D eigenvalue weighted by molar-refractivity contribution is 0.138. The lowest BCUT2D eigenvalue weighted by Crippen LogP contribution is -2.40. The van der Waals surface area contributed by atoms with Crippen molar-refractivity contribution in [2.75, 3.05) is 13.1 Å². The molecule has 0 fully saturated rings. The molecule has 0 radical (unpaired) electrons. The van der Waals surface area contributed by atoms with E-state index in [1.807, 2.05) is 0 Å². The fourth-order valence-electron chi connectivity index (χ4n) is 2.47. The predicted molar refractivity (Wildman–Crippen MR) is 84.6 cm³/mol. The van der Waals surface area contributed by atoms with Gasteiger partial charge in [0.25, 0.3) is 0 Å². The van der Waals surface area contributed by atoms with Crippen LogP contribution in [0.1, 0.15) is 51.6 Å². The number of nitrogens with two attached hydrogens (primary N) is 1. The Hall–Kier alpha value is -0.640. The highest BCUT2D eigenvalue weighted by Crippen LogP contribution is 2.27. The third kappa shape index (κ3) is 4.44. The highest BCUT2D eigenvalue weighted by molar-refractivity contribution is 6.30. The van der Waals surface area contributed by atoms with Crippen molar-refractivity contribution in [2.45, 2.75) is 52.1 Å². The molecule has 0 saturated carbocycles. The van der Waals surface area contributed by atoms with Gasteiger partial charge < -0.3 is 5.73 Å². The van der Waals surface area contributed by atoms with Gasteiger partial charge in [-0.2, -0.15) is 0 Å². The van der Waals surface area contributed by atoms with E-state index in [9.17, 15) is 4.39 Å². The van der Waals surface area contributed by atoms with Gasteiger partial charge in [0, 0.05) is 23.2 Å². The summed E-state index contributed by atoms with van der Waals surface area (Å²) in [6, 6.07) is 5.15. The summed E-state index contributed by atoms with van der Waals surface area (Å²) in [6.07, 6.45) is 3.23. The maximum atomic E-state index is 14.2. The molecule has 2 nitrogen and oxygen atoms in total. The SMILES string of the molecule is CCCCN(C(C)CC)C(CN)c1ccc(Cl)cc1F. The normalized spacial score (nSPS) is 14.6. The average molecular weight is 301 g/mol. The minimum absolute atomic E-state index is 0.0891. The van der Waals surface area contributed by atoms with Crippen LogP contribution in [0.25, 0.3) is 0 Å². The van der Waals surface area contributed by atoms with E-state index in [4.69, 9.17) is 17.3 Å². The number of unbranched alkanes of at least 4 members (excludes halogenated alkanes) is 1. The van der Waals surface area contributed by atoms with Crippen molar-refractivity contribution < 1.29 is 4.39 Å². The van der Waals surface area contributed by atoms with E-state index in [0.29, 0.717) is 23.2 Å². The van der Waals surface area contributed by atoms with Gasteiger partial charge in [-0.05, 0) is 38.4 Å². The summed E-state index contributed by atoms with van der Waals surface area (Å²) in [7, 11) is 0. The summed E-state index contributed by atoms with van der Waals surface area (Å²) in [6.45, 7) is 7.83. The zero-order chi connectivity index (χ0) is 15.1. The topological polar surface area (TPSA) is 29.3 Å². The van der Waals surface area contributed by atoms with Crippen LogP contribution in [0.3, 0.4) is 0 Å². The minimum atomic E-state index is -0.266. The summed E-state index contributed by atoms with van der Waals surface area (Å²) < 4.78 is 14.2. The van der Waals surface area contributed by atoms with Crippen molar-refractivity contribution in [3.05, 3.63) is 34.6 Å². The number of halogens is 2. The quantitative estimate of drug-likeness (QED) is 0.772. The molecule has 2 atom stereocenters. The monoisotopic (exact) mass is 300 g/mol. The molecule has 20 heavy (non-hydrogen) atoms. The Labute approximate surface area is 127 Å². The van der Waals surface area contributed by atoms with E-state index in [-0.39, 0.29) is 11.9 Å². The Kier molecular flexibility index (Phi) is 7.49. The van der Waals surface area contributed by atoms with Crippen molar-refractivity contribution >= 4 is 11.6 Å². The lowest BCUT2D eigenvalue weighted by atomic mass is 10.0. The number of hydrogen-bond donors (Lipinski definition) is 1. The molecule has 0 aliphatic heterocycles. The first-order valence-corrected chi connectivity index (χ1v) is 7.83. The first-order chi connectivity index (χ1) is 9.54. The molecule has 0 aliphatic carbocycles. The van der Waals surface area contributed by atoms with E-state index in [1.54, 1.807) is 12.1 Å². The van der Waals surface area contributed by atoms with Gasteiger partial charge in [0.2, 0.25) is 0 Å². The Morgan fingerprint density at radius 2 is 2.05 bits per heavy atom. The summed E-state index contributed by atoms with van der Waals surface area (Å²) in [4.78, 5) is 2.32. The van der Waals surface area contributed by atoms with Gasteiger partial charge in [0.05, 0.1) is 6.04 Å². The second kappa shape index (κ2) is 8.60. The van der Waals surface area contributed by atoms with Gasteiger partial charge in [0.1, 0.15) is 5.82 Å². The highest BCUT2D eigenvalue weighted by atomic mass is 35.5. The van der Waals surface area contributed by atoms with Crippen LogP contribution in [0.2, 0.25) is 5.02 Å². The Bertz CT molecular complexity index is 411. The van der Waals surface area contributed by atoms with Gasteiger partial charge >= 0.3 is 0 Å². The molecule has 0 heterocycles. The van der Waals surface area contributed by atoms with Crippen LogP contribution >= 0.6 is 11.6 Å². The number of rotatable bonds is 8. The molecule has 0 amide bonds. The fourth-order valence-corrected chi connectivity index (χ4v) is 2.63. The maximum absolute atomic E-state index is 14.2. The third-order valence-electron chi connectivity index (χ3n) is 3.87. The molecule has 1 rings (SSSR count). The zero-order valence-electron chi connectivity index (χ0n) is 12.7. The Morgan fingerprint density at radius 3 is 2.55 bits per heavy atom. The first-order valence-electron chi connectivity index (χ1n) is 7.45. The molecule has 1 aromatic rings. The zero-order valence-corrected chi connectivity index (χ0v) is 13.5. The second-order valence-electron chi connectivity index (χ2n) is 5.27. The Morgan fingerprint density at radius 1 is 1.35 bits per heavy atom. The molecule has 0 aromatic heterocycles. The number of hydrogen-bond acceptors (Lipinski definition) is 2. The Balaban J connectivity index is 3.04. The van der Waals surface area contributed by atoms with Crippen LogP contribution in [0.5, 0.6) is 0 Å². The van der Waals surface area contributed by atoms with Crippen LogP contribution in [0.4, 0.5) is 4.39 Å². The van der Waals surface area contributed by atoms with Gasteiger partial charge in [-0.25, -0.2) is 4.39 Å². The summed E-state index contributed by atoms with van der Waals surface area (Å²) in [5.41, 5.74) is 6.58. The number of nitrogens with zero attached hydrogens (tertiary/aromatic N) is 1. The molecule has 2 N–H and O–H groups in total. The van der Waals surface area contributed by atoms with Gasteiger partial charge in [-0.3, -0.25) is 4.90 Å². The molecule has 0 bridgehead atoms. The van der Waals surface area contributed by atoms with E-state index >= 15 is 0 Å². The smallest absolute Gasteiger partial charge is 0.129 e. The van der Waals surface area contributed by atoms with Crippen LogP contribution in [0.15, 0.2) is 18.2 Å². The predicted octanol–water partition coefficient (Wildman–Crippen LogP) is 4.38. The first kappa shape index (κ1) is 17.4. The van der Waals surface area contributed by atoms with Gasteiger partial charge in [0.15, 0.2) is 0 Å². The highest BCUT2D eigenvalue weighted by Gasteiger charge is 2.25. The minimum Gasteiger partial charge on any atom is -0.329 e. The van der Waals surface area contributed by atoms with Crippen molar-refractivity contribution in [3.8, 4) is 0 Å². The maximum Gasteiger partial charge on any atom is 0.129 e. The molecule has 0 aliphatic rings. The summed E-state index contributed by atoms with van der Waals surface area (Å²) in [5, 5.41) is 0.422. The van der Waals surface area contributed by atoms with Crippen molar-refractivity contribution in [1.82, 2.24) is 4.90 Å². The van der Waals surface area contributed by atoms with Gasteiger partial charge in [-0.15, -0.1) is 0 Å². The molecule has 114 valence electrons. The molecule has 4 heteroatoms. The summed E-state index contributed by atoms with van der Waals surface area (Å²) >= 11 is 5.83. The van der Waals surface area contributed by atoms with E-state index < -0.39 is 0 Å². The molecule has 0 saturated heterocycles. The molecule has 0 spiro atoms. The molecule has 1 aromatic carbocycles. The molecule has 2 unspecified atom stereocenters. The standard InChI is InChI=1S/C16H26ClFN2/c1-4-6-9-20(12(3)5-2)16(11-19)14-8-7-13(17)10-15(14)18/h7-8,10,12,16H,4-6,9,11,19H2,1-3H3. The fraction of sp³-hybridized carbons (Fsp3) is 0.625. The third-order valence-corrected chi connectivity index (χ3v) is 4.11. The molecular formula is C16H26ClFN2. The summed E-state index contributed by atoms with van der Waals surface area (Å²) in [5.74, 6) is -0.266. The van der Waals surface area contributed by atoms with Crippen molar-refractivity contribution in [3.63, 3.8) is 0 Å². The van der Waals surface area contributed by atoms with E-state index in [0.717, 1.165) is 25.8 Å². The molecular weight excluding hydrogens is 275 g/mol. The van der Waals surface area contributed by atoms with Gasteiger partial charge in [-0.1, -0.05) is 37.9 Å². The van der Waals surface area contributed by atoms with Crippen molar-refractivity contribution in [1.29, 1.82) is 0 Å².